The third kappa shape index (κ3) is 2.83. The summed E-state index contributed by atoms with van der Waals surface area (Å²) in [6, 6.07) is 8.48. The number of nitrogens with one attached hydrogen (secondary N) is 1. The normalized spacial score (nSPS) is 11.3. The lowest BCUT2D eigenvalue weighted by molar-refractivity contribution is 0.367. The van der Waals surface area contributed by atoms with Crippen LogP contribution in [0.15, 0.2) is 35.0 Å². The molecule has 0 aliphatic carbocycles. The summed E-state index contributed by atoms with van der Waals surface area (Å²) in [6.45, 7) is 3.56. The Hall–Kier alpha value is -2.14. The third-order valence-corrected chi connectivity index (χ3v) is 3.53. The van der Waals surface area contributed by atoms with Crippen LogP contribution in [0, 0.1) is 0 Å². The zero-order valence-electron chi connectivity index (χ0n) is 12.5. The van der Waals surface area contributed by atoms with Crippen LogP contribution in [0.25, 0.3) is 10.9 Å². The molecule has 0 saturated heterocycles. The average molecular weight is 284 g/mol. The zero-order valence-corrected chi connectivity index (χ0v) is 12.5. The summed E-state index contributed by atoms with van der Waals surface area (Å²) in [6.07, 6.45) is 3.96. The molecule has 21 heavy (non-hydrogen) atoms. The second-order valence-electron chi connectivity index (χ2n) is 5.18. The van der Waals surface area contributed by atoms with Crippen molar-refractivity contribution in [2.45, 2.75) is 32.9 Å². The molecule has 0 bridgehead atoms. The predicted molar refractivity (Wildman–Crippen MR) is 82.1 cm³/mol. The van der Waals surface area contributed by atoms with Gasteiger partial charge in [-0.3, -0.25) is 0 Å². The van der Waals surface area contributed by atoms with Gasteiger partial charge in [-0.2, -0.15) is 4.98 Å². The molecule has 0 aliphatic heterocycles. The number of hydrogen-bond donors (Lipinski definition) is 1. The lowest BCUT2D eigenvalue weighted by atomic mass is 10.1. The minimum Gasteiger partial charge on any atom is -0.338 e. The van der Waals surface area contributed by atoms with E-state index in [-0.39, 0.29) is 0 Å². The Kier molecular flexibility index (Phi) is 4.01. The molecule has 0 unspecified atom stereocenters. The van der Waals surface area contributed by atoms with Gasteiger partial charge in [0.05, 0.1) is 5.52 Å². The molecule has 5 heteroatoms. The van der Waals surface area contributed by atoms with Crippen LogP contribution in [-0.2, 0) is 19.5 Å². The molecule has 2 aromatic heterocycles. The first-order chi connectivity index (χ1) is 10.3. The fraction of sp³-hybridized carbons (Fsp3) is 0.375. The molecule has 0 atom stereocenters. The van der Waals surface area contributed by atoms with Crippen molar-refractivity contribution in [2.24, 2.45) is 0 Å². The Morgan fingerprint density at radius 3 is 3.00 bits per heavy atom. The lowest BCUT2D eigenvalue weighted by Gasteiger charge is -2.07. The third-order valence-electron chi connectivity index (χ3n) is 3.53. The lowest BCUT2D eigenvalue weighted by Crippen LogP contribution is -2.08. The number of hydrogen-bond acceptors (Lipinski definition) is 4. The maximum Gasteiger partial charge on any atom is 0.246 e. The molecule has 0 amide bonds. The largest absolute Gasteiger partial charge is 0.338 e. The zero-order chi connectivity index (χ0) is 14.7. The number of nitrogens with zero attached hydrogens (tertiary/aromatic N) is 3. The van der Waals surface area contributed by atoms with Gasteiger partial charge in [-0.25, -0.2) is 0 Å². The van der Waals surface area contributed by atoms with Crippen molar-refractivity contribution in [2.75, 3.05) is 7.05 Å². The van der Waals surface area contributed by atoms with Gasteiger partial charge in [0, 0.05) is 19.2 Å². The van der Waals surface area contributed by atoms with E-state index in [4.69, 9.17) is 4.52 Å². The molecule has 0 fully saturated rings. The topological polar surface area (TPSA) is 55.9 Å². The van der Waals surface area contributed by atoms with E-state index < -0.39 is 0 Å². The summed E-state index contributed by atoms with van der Waals surface area (Å²) < 4.78 is 7.51. The van der Waals surface area contributed by atoms with E-state index >= 15 is 0 Å². The smallest absolute Gasteiger partial charge is 0.246 e. The fourth-order valence-corrected chi connectivity index (χ4v) is 2.63. The van der Waals surface area contributed by atoms with Crippen molar-refractivity contribution >= 4 is 10.9 Å². The quantitative estimate of drug-likeness (QED) is 0.756. The highest BCUT2D eigenvalue weighted by Gasteiger charge is 2.10. The molecule has 1 N–H and O–H groups in total. The molecule has 110 valence electrons. The van der Waals surface area contributed by atoms with Gasteiger partial charge in [0.15, 0.2) is 5.82 Å². The van der Waals surface area contributed by atoms with E-state index in [1.54, 1.807) is 0 Å². The molecular formula is C16H20N4O. The predicted octanol–water partition coefficient (Wildman–Crippen LogP) is 2.74. The molecule has 0 saturated carbocycles. The standard InChI is InChI=1S/C16H20N4O/c1-3-5-14-18-15(21-19-14)11-20-9-8-12-6-4-7-13(10-17-2)16(12)20/h4,6-9,17H,3,5,10-11H2,1-2H3. The van der Waals surface area contributed by atoms with Gasteiger partial charge in [-0.1, -0.05) is 30.3 Å². The average Bonchev–Trinajstić information content (AvgIpc) is 3.09. The summed E-state index contributed by atoms with van der Waals surface area (Å²) >= 11 is 0. The first-order valence-electron chi connectivity index (χ1n) is 7.34. The van der Waals surface area contributed by atoms with E-state index in [1.807, 2.05) is 7.05 Å². The number of rotatable bonds is 6. The Morgan fingerprint density at radius 2 is 2.19 bits per heavy atom. The maximum atomic E-state index is 5.34. The molecule has 0 spiro atoms. The van der Waals surface area contributed by atoms with E-state index in [1.165, 1.54) is 16.5 Å². The minimum atomic E-state index is 0.612. The molecule has 2 heterocycles. The van der Waals surface area contributed by atoms with Gasteiger partial charge in [-0.15, -0.1) is 0 Å². The van der Waals surface area contributed by atoms with Crippen LogP contribution in [0.1, 0.15) is 30.6 Å². The van der Waals surface area contributed by atoms with E-state index in [0.717, 1.165) is 25.2 Å². The van der Waals surface area contributed by atoms with Gasteiger partial charge in [-0.05, 0) is 30.5 Å². The van der Waals surface area contributed by atoms with Gasteiger partial charge in [0.25, 0.3) is 0 Å². The van der Waals surface area contributed by atoms with Crippen LogP contribution in [0.2, 0.25) is 0 Å². The molecule has 3 aromatic rings. The summed E-state index contributed by atoms with van der Waals surface area (Å²) in [4.78, 5) is 4.44. The Bertz CT molecular complexity index is 729. The highest BCUT2D eigenvalue weighted by Crippen LogP contribution is 2.21. The highest BCUT2D eigenvalue weighted by atomic mass is 16.5. The van der Waals surface area contributed by atoms with Crippen LogP contribution in [0.5, 0.6) is 0 Å². The second-order valence-corrected chi connectivity index (χ2v) is 5.18. The number of aromatic nitrogens is 3. The van der Waals surface area contributed by atoms with Crippen LogP contribution in [0.3, 0.4) is 0 Å². The summed E-state index contributed by atoms with van der Waals surface area (Å²) in [5, 5.41) is 8.46. The monoisotopic (exact) mass is 284 g/mol. The van der Waals surface area contributed by atoms with Crippen molar-refractivity contribution < 1.29 is 4.52 Å². The molecule has 5 nitrogen and oxygen atoms in total. The molecule has 0 aliphatic rings. The Labute approximate surface area is 124 Å². The second kappa shape index (κ2) is 6.10. The SMILES string of the molecule is CCCc1noc(Cn2ccc3cccc(CNC)c32)n1. The first kappa shape index (κ1) is 13.8. The molecule has 3 rings (SSSR count). The highest BCUT2D eigenvalue weighted by molar-refractivity contribution is 5.83. The molecule has 0 radical (unpaired) electrons. The van der Waals surface area contributed by atoms with Crippen LogP contribution < -0.4 is 5.32 Å². The first-order valence-corrected chi connectivity index (χ1v) is 7.34. The van der Waals surface area contributed by atoms with E-state index in [2.05, 4.69) is 57.4 Å². The van der Waals surface area contributed by atoms with Gasteiger partial charge < -0.3 is 14.4 Å². The van der Waals surface area contributed by atoms with Crippen LogP contribution in [-0.4, -0.2) is 21.8 Å². The number of aryl methyl sites for hydroxylation is 1. The van der Waals surface area contributed by atoms with Crippen LogP contribution in [0.4, 0.5) is 0 Å². The van der Waals surface area contributed by atoms with Crippen molar-refractivity contribution in [3.05, 3.63) is 47.7 Å². The summed E-state index contributed by atoms with van der Waals surface area (Å²) in [7, 11) is 1.96. The van der Waals surface area contributed by atoms with E-state index in [9.17, 15) is 0 Å². The summed E-state index contributed by atoms with van der Waals surface area (Å²) in [5.74, 6) is 1.45. The van der Waals surface area contributed by atoms with Gasteiger partial charge in [0.2, 0.25) is 5.89 Å². The Balaban J connectivity index is 1.92. The number of para-hydroxylation sites is 1. The van der Waals surface area contributed by atoms with Gasteiger partial charge >= 0.3 is 0 Å². The van der Waals surface area contributed by atoms with Crippen molar-refractivity contribution in [1.82, 2.24) is 20.0 Å². The minimum absolute atomic E-state index is 0.612. The van der Waals surface area contributed by atoms with Crippen molar-refractivity contribution in [3.63, 3.8) is 0 Å². The number of fused-ring (bicyclic) bond motifs is 1. The Morgan fingerprint density at radius 1 is 1.29 bits per heavy atom. The van der Waals surface area contributed by atoms with Crippen molar-refractivity contribution in [1.29, 1.82) is 0 Å². The molecule has 1 aromatic carbocycles. The maximum absolute atomic E-state index is 5.34. The van der Waals surface area contributed by atoms with Crippen LogP contribution >= 0.6 is 0 Å². The molecular weight excluding hydrogens is 264 g/mol. The van der Waals surface area contributed by atoms with Crippen molar-refractivity contribution in [3.8, 4) is 0 Å². The summed E-state index contributed by atoms with van der Waals surface area (Å²) in [5.41, 5.74) is 2.50. The van der Waals surface area contributed by atoms with E-state index in [0.29, 0.717) is 12.4 Å². The number of benzene rings is 1. The fourth-order valence-electron chi connectivity index (χ4n) is 2.63. The van der Waals surface area contributed by atoms with Gasteiger partial charge in [0.1, 0.15) is 6.54 Å².